The van der Waals surface area contributed by atoms with E-state index in [1.54, 1.807) is 0 Å². The number of aromatic amines is 2. The van der Waals surface area contributed by atoms with E-state index < -0.39 is 0 Å². The Bertz CT molecular complexity index is 381. The molecule has 1 saturated carbocycles. The molecule has 0 bridgehead atoms. The van der Waals surface area contributed by atoms with E-state index in [9.17, 15) is 4.79 Å². The summed E-state index contributed by atoms with van der Waals surface area (Å²) < 4.78 is 0. The molecule has 96 valence electrons. The summed E-state index contributed by atoms with van der Waals surface area (Å²) in [5.41, 5.74) is -0.271. The summed E-state index contributed by atoms with van der Waals surface area (Å²) in [5, 5.41) is 15.4. The van der Waals surface area contributed by atoms with Gasteiger partial charge in [-0.05, 0) is 12.8 Å². The lowest BCUT2D eigenvalue weighted by Gasteiger charge is -2.33. The number of nitrogens with zero attached hydrogens (tertiary/aromatic N) is 2. The number of aromatic nitrogens is 3. The Balaban J connectivity index is 1.98. The van der Waals surface area contributed by atoms with Crippen molar-refractivity contribution < 1.29 is 5.11 Å². The van der Waals surface area contributed by atoms with Crippen molar-refractivity contribution in [2.75, 3.05) is 13.2 Å². The van der Waals surface area contributed by atoms with Crippen molar-refractivity contribution in [3.63, 3.8) is 0 Å². The summed E-state index contributed by atoms with van der Waals surface area (Å²) in [5.74, 6) is 0.647. The Labute approximate surface area is 100 Å². The van der Waals surface area contributed by atoms with E-state index in [1.165, 1.54) is 32.1 Å². The minimum Gasteiger partial charge on any atom is -0.395 e. The fraction of sp³-hybridized carbons (Fsp3) is 0.818. The molecule has 0 aliphatic heterocycles. The molecule has 0 atom stereocenters. The van der Waals surface area contributed by atoms with Crippen LogP contribution in [0.2, 0.25) is 0 Å². The van der Waals surface area contributed by atoms with Gasteiger partial charge in [0.15, 0.2) is 0 Å². The number of rotatable bonds is 5. The van der Waals surface area contributed by atoms with E-state index in [-0.39, 0.29) is 12.3 Å². The maximum atomic E-state index is 11.0. The van der Waals surface area contributed by atoms with E-state index in [0.717, 1.165) is 0 Å². The molecule has 17 heavy (non-hydrogen) atoms. The van der Waals surface area contributed by atoms with Crippen molar-refractivity contribution in [1.29, 1.82) is 0 Å². The molecule has 0 aromatic carbocycles. The summed E-state index contributed by atoms with van der Waals surface area (Å²) in [4.78, 5) is 15.8. The maximum Gasteiger partial charge on any atom is 0.340 e. The minimum absolute atomic E-state index is 0.144. The zero-order chi connectivity index (χ0) is 12.1. The average molecular weight is 240 g/mol. The second-order valence-corrected chi connectivity index (χ2v) is 4.61. The SMILES string of the molecule is O=c1[nH]nc(CN(CCO)C2CCCCC2)[nH]1. The minimum atomic E-state index is -0.271. The van der Waals surface area contributed by atoms with Crippen LogP contribution in [0.4, 0.5) is 0 Å². The van der Waals surface area contributed by atoms with Gasteiger partial charge in [0, 0.05) is 12.6 Å². The largest absolute Gasteiger partial charge is 0.395 e. The second kappa shape index (κ2) is 5.97. The van der Waals surface area contributed by atoms with Crippen molar-refractivity contribution in [3.05, 3.63) is 16.3 Å². The van der Waals surface area contributed by atoms with E-state index >= 15 is 0 Å². The van der Waals surface area contributed by atoms with Crippen LogP contribution in [0.5, 0.6) is 0 Å². The highest BCUT2D eigenvalue weighted by molar-refractivity contribution is 4.84. The predicted molar refractivity (Wildman–Crippen MR) is 63.6 cm³/mol. The Hall–Kier alpha value is -1.14. The van der Waals surface area contributed by atoms with Gasteiger partial charge in [0.25, 0.3) is 0 Å². The van der Waals surface area contributed by atoms with Crippen molar-refractivity contribution in [1.82, 2.24) is 20.1 Å². The van der Waals surface area contributed by atoms with Gasteiger partial charge < -0.3 is 5.11 Å². The molecule has 0 spiro atoms. The molecule has 3 N–H and O–H groups in total. The number of aliphatic hydroxyl groups is 1. The normalized spacial score (nSPS) is 17.8. The number of aliphatic hydroxyl groups excluding tert-OH is 1. The van der Waals surface area contributed by atoms with E-state index in [4.69, 9.17) is 5.11 Å². The molecule has 0 radical (unpaired) electrons. The molecule has 2 rings (SSSR count). The van der Waals surface area contributed by atoms with E-state index in [1.807, 2.05) is 0 Å². The number of hydrogen-bond acceptors (Lipinski definition) is 4. The standard InChI is InChI=1S/C11H20N4O2/c16-7-6-15(9-4-2-1-3-5-9)8-10-12-11(17)14-13-10/h9,16H,1-8H2,(H2,12,13,14,17). The van der Waals surface area contributed by atoms with Crippen LogP contribution in [0.3, 0.4) is 0 Å². The first kappa shape index (κ1) is 12.3. The van der Waals surface area contributed by atoms with Gasteiger partial charge in [-0.25, -0.2) is 9.89 Å². The van der Waals surface area contributed by atoms with Crippen LogP contribution < -0.4 is 5.69 Å². The smallest absolute Gasteiger partial charge is 0.340 e. The summed E-state index contributed by atoms with van der Waals surface area (Å²) in [6.45, 7) is 1.38. The second-order valence-electron chi connectivity index (χ2n) is 4.61. The molecule has 1 aliphatic rings. The molecule has 1 aliphatic carbocycles. The molecule has 1 aromatic heterocycles. The van der Waals surface area contributed by atoms with Gasteiger partial charge >= 0.3 is 5.69 Å². The van der Waals surface area contributed by atoms with Crippen molar-refractivity contribution in [2.24, 2.45) is 0 Å². The quantitative estimate of drug-likeness (QED) is 0.687. The Morgan fingerprint density at radius 2 is 2.12 bits per heavy atom. The third kappa shape index (κ3) is 3.41. The number of H-pyrrole nitrogens is 2. The third-order valence-corrected chi connectivity index (χ3v) is 3.38. The van der Waals surface area contributed by atoms with Gasteiger partial charge in [-0.1, -0.05) is 19.3 Å². The number of hydrogen-bond donors (Lipinski definition) is 3. The van der Waals surface area contributed by atoms with Gasteiger partial charge in [0.1, 0.15) is 5.82 Å². The molecule has 0 unspecified atom stereocenters. The first-order valence-electron chi connectivity index (χ1n) is 6.28. The third-order valence-electron chi connectivity index (χ3n) is 3.38. The highest BCUT2D eigenvalue weighted by Gasteiger charge is 2.21. The van der Waals surface area contributed by atoms with Crippen LogP contribution in [0.15, 0.2) is 4.79 Å². The van der Waals surface area contributed by atoms with Crippen LogP contribution in [0, 0.1) is 0 Å². The molecular weight excluding hydrogens is 220 g/mol. The molecule has 6 heteroatoms. The van der Waals surface area contributed by atoms with Crippen LogP contribution in [0.25, 0.3) is 0 Å². The maximum absolute atomic E-state index is 11.0. The molecule has 1 aromatic rings. The lowest BCUT2D eigenvalue weighted by atomic mass is 9.94. The lowest BCUT2D eigenvalue weighted by Crippen LogP contribution is -2.38. The van der Waals surface area contributed by atoms with Gasteiger partial charge in [-0.2, -0.15) is 5.10 Å². The topological polar surface area (TPSA) is 85.0 Å². The molecule has 1 fully saturated rings. The van der Waals surface area contributed by atoms with Crippen molar-refractivity contribution >= 4 is 0 Å². The van der Waals surface area contributed by atoms with Gasteiger partial charge in [-0.3, -0.25) is 9.88 Å². The van der Waals surface area contributed by atoms with Crippen LogP contribution in [0.1, 0.15) is 37.9 Å². The van der Waals surface area contributed by atoms with Gasteiger partial charge in [-0.15, -0.1) is 0 Å². The molecule has 0 amide bonds. The first-order chi connectivity index (χ1) is 8.29. The van der Waals surface area contributed by atoms with Crippen molar-refractivity contribution in [3.8, 4) is 0 Å². The van der Waals surface area contributed by atoms with E-state index in [0.29, 0.717) is 25.0 Å². The Morgan fingerprint density at radius 3 is 2.71 bits per heavy atom. The fourth-order valence-corrected chi connectivity index (χ4v) is 2.54. The Morgan fingerprint density at radius 1 is 1.35 bits per heavy atom. The summed E-state index contributed by atoms with van der Waals surface area (Å²) in [6.07, 6.45) is 6.17. The van der Waals surface area contributed by atoms with Crippen molar-refractivity contribution in [2.45, 2.75) is 44.7 Å². The first-order valence-corrected chi connectivity index (χ1v) is 6.28. The summed E-state index contributed by atoms with van der Waals surface area (Å²) in [6, 6.07) is 0.510. The molecule has 1 heterocycles. The highest BCUT2D eigenvalue weighted by Crippen LogP contribution is 2.23. The summed E-state index contributed by atoms with van der Waals surface area (Å²) in [7, 11) is 0. The zero-order valence-corrected chi connectivity index (χ0v) is 9.98. The number of nitrogens with one attached hydrogen (secondary N) is 2. The van der Waals surface area contributed by atoms with E-state index in [2.05, 4.69) is 20.1 Å². The highest BCUT2D eigenvalue weighted by atomic mass is 16.3. The predicted octanol–water partition coefficient (Wildman–Crippen LogP) is 0.225. The molecule has 0 saturated heterocycles. The fourth-order valence-electron chi connectivity index (χ4n) is 2.54. The molecular formula is C11H20N4O2. The van der Waals surface area contributed by atoms with Crippen LogP contribution in [-0.4, -0.2) is 44.4 Å². The Kier molecular flexibility index (Phi) is 4.33. The average Bonchev–Trinajstić information content (AvgIpc) is 2.75. The van der Waals surface area contributed by atoms with Crippen LogP contribution >= 0.6 is 0 Å². The lowest BCUT2D eigenvalue weighted by molar-refractivity contribution is 0.114. The van der Waals surface area contributed by atoms with Gasteiger partial charge in [0.05, 0.1) is 13.2 Å². The summed E-state index contributed by atoms with van der Waals surface area (Å²) >= 11 is 0. The van der Waals surface area contributed by atoms with Gasteiger partial charge in [0.2, 0.25) is 0 Å². The monoisotopic (exact) mass is 240 g/mol. The zero-order valence-electron chi connectivity index (χ0n) is 9.98. The van der Waals surface area contributed by atoms with Crippen LogP contribution in [-0.2, 0) is 6.54 Å². The molecule has 6 nitrogen and oxygen atoms in total.